The number of benzene rings is 2. The molecule has 0 radical (unpaired) electrons. The van der Waals surface area contributed by atoms with E-state index in [1.54, 1.807) is 36.4 Å². The second-order valence-electron chi connectivity index (χ2n) is 5.79. The molecule has 3 aromatic rings. The molecule has 0 aliphatic rings. The lowest BCUT2D eigenvalue weighted by Gasteiger charge is -2.11. The predicted octanol–water partition coefficient (Wildman–Crippen LogP) is 3.89. The third kappa shape index (κ3) is 4.41. The summed E-state index contributed by atoms with van der Waals surface area (Å²) >= 11 is 6.15. The zero-order valence-corrected chi connectivity index (χ0v) is 15.5. The molecule has 27 heavy (non-hydrogen) atoms. The topological polar surface area (TPSA) is 75.0 Å². The fourth-order valence-corrected chi connectivity index (χ4v) is 2.71. The van der Waals surface area contributed by atoms with Gasteiger partial charge in [-0.1, -0.05) is 23.7 Å². The van der Waals surface area contributed by atoms with Crippen molar-refractivity contribution < 1.29 is 23.4 Å². The Morgan fingerprint density at radius 1 is 1.15 bits per heavy atom. The Bertz CT molecular complexity index is 1040. The third-order valence-electron chi connectivity index (χ3n) is 3.91. The summed E-state index contributed by atoms with van der Waals surface area (Å²) in [5.74, 6) is 0.368. The Balaban J connectivity index is 1.70. The van der Waals surface area contributed by atoms with E-state index in [4.69, 9.17) is 30.2 Å². The highest BCUT2D eigenvalue weighted by Crippen LogP contribution is 2.27. The van der Waals surface area contributed by atoms with Crippen LogP contribution < -0.4 is 15.1 Å². The van der Waals surface area contributed by atoms with Crippen LogP contribution in [0.15, 0.2) is 51.7 Å². The number of rotatable bonds is 6. The van der Waals surface area contributed by atoms with Crippen LogP contribution >= 0.6 is 11.6 Å². The van der Waals surface area contributed by atoms with Gasteiger partial charge in [0.25, 0.3) is 0 Å². The Morgan fingerprint density at radius 3 is 2.63 bits per heavy atom. The third-order valence-corrected chi connectivity index (χ3v) is 4.32. The molecular formula is C20H17ClO6. The number of ether oxygens (including phenoxy) is 3. The van der Waals surface area contributed by atoms with E-state index in [-0.39, 0.29) is 13.2 Å². The Hall–Kier alpha value is -2.99. The molecule has 1 aromatic heterocycles. The van der Waals surface area contributed by atoms with Gasteiger partial charge < -0.3 is 18.6 Å². The number of carbonyl (C=O) groups excluding carboxylic acids is 1. The smallest absolute Gasteiger partial charge is 0.344 e. The summed E-state index contributed by atoms with van der Waals surface area (Å²) in [5, 5.41) is 1.15. The number of esters is 1. The zero-order valence-electron chi connectivity index (χ0n) is 14.8. The average molecular weight is 389 g/mol. The first-order valence-corrected chi connectivity index (χ1v) is 8.50. The minimum atomic E-state index is -0.583. The van der Waals surface area contributed by atoms with Crippen LogP contribution in [0.1, 0.15) is 11.1 Å². The predicted molar refractivity (Wildman–Crippen MR) is 101 cm³/mol. The van der Waals surface area contributed by atoms with Crippen LogP contribution in [0.3, 0.4) is 0 Å². The maximum atomic E-state index is 12.0. The molecule has 7 heteroatoms. The van der Waals surface area contributed by atoms with Gasteiger partial charge in [0.15, 0.2) is 18.1 Å². The fraction of sp³-hybridized carbons (Fsp3) is 0.200. The molecular weight excluding hydrogens is 372 g/mol. The van der Waals surface area contributed by atoms with E-state index in [2.05, 4.69) is 0 Å². The molecule has 140 valence electrons. The summed E-state index contributed by atoms with van der Waals surface area (Å²) in [6, 6.07) is 11.6. The minimum Gasteiger partial charge on any atom is -0.493 e. The van der Waals surface area contributed by atoms with Gasteiger partial charge in [0.1, 0.15) is 12.2 Å². The van der Waals surface area contributed by atoms with Crippen LogP contribution in [0, 0.1) is 6.92 Å². The highest BCUT2D eigenvalue weighted by molar-refractivity contribution is 6.32. The lowest BCUT2D eigenvalue weighted by atomic mass is 10.1. The quantitative estimate of drug-likeness (QED) is 0.471. The molecule has 0 fully saturated rings. The van der Waals surface area contributed by atoms with Gasteiger partial charge in [-0.3, -0.25) is 0 Å². The first-order chi connectivity index (χ1) is 13.0. The lowest BCUT2D eigenvalue weighted by molar-refractivity contribution is -0.147. The van der Waals surface area contributed by atoms with Crippen LogP contribution in [-0.4, -0.2) is 19.7 Å². The molecule has 0 N–H and O–H groups in total. The Morgan fingerprint density at radius 2 is 1.89 bits per heavy atom. The summed E-state index contributed by atoms with van der Waals surface area (Å²) in [7, 11) is 1.51. The minimum absolute atomic E-state index is 0.102. The molecule has 0 saturated carbocycles. The fourth-order valence-electron chi connectivity index (χ4n) is 2.54. The number of methoxy groups -OCH3 is 1. The molecule has 0 spiro atoms. The molecule has 0 aliphatic heterocycles. The molecule has 0 bridgehead atoms. The molecule has 0 unspecified atom stereocenters. The van der Waals surface area contributed by atoms with E-state index < -0.39 is 11.6 Å². The van der Waals surface area contributed by atoms with Gasteiger partial charge in [-0.15, -0.1) is 0 Å². The van der Waals surface area contributed by atoms with Gasteiger partial charge in [-0.25, -0.2) is 9.59 Å². The van der Waals surface area contributed by atoms with E-state index in [9.17, 15) is 9.59 Å². The molecule has 6 nitrogen and oxygen atoms in total. The van der Waals surface area contributed by atoms with Gasteiger partial charge in [0, 0.05) is 22.0 Å². The highest BCUT2D eigenvalue weighted by atomic mass is 35.5. The van der Waals surface area contributed by atoms with Crippen LogP contribution in [0.4, 0.5) is 0 Å². The van der Waals surface area contributed by atoms with Gasteiger partial charge in [-0.2, -0.15) is 0 Å². The molecule has 0 atom stereocenters. The van der Waals surface area contributed by atoms with Gasteiger partial charge in [0.05, 0.1) is 7.11 Å². The van der Waals surface area contributed by atoms with Crippen molar-refractivity contribution in [1.82, 2.24) is 0 Å². The zero-order chi connectivity index (χ0) is 19.4. The molecule has 1 heterocycles. The molecule has 0 amide bonds. The summed E-state index contributed by atoms with van der Waals surface area (Å²) in [4.78, 5) is 23.8. The number of halogens is 1. The average Bonchev–Trinajstić information content (AvgIpc) is 2.66. The maximum Gasteiger partial charge on any atom is 0.344 e. The van der Waals surface area contributed by atoms with Crippen molar-refractivity contribution in [3.8, 4) is 11.5 Å². The first kappa shape index (κ1) is 18.8. The van der Waals surface area contributed by atoms with Gasteiger partial charge >= 0.3 is 11.6 Å². The molecule has 2 aromatic carbocycles. The Kier molecular flexibility index (Phi) is 5.66. The van der Waals surface area contributed by atoms with Crippen molar-refractivity contribution >= 4 is 28.5 Å². The number of carbonyl (C=O) groups is 1. The van der Waals surface area contributed by atoms with Crippen molar-refractivity contribution in [3.05, 3.63) is 69.0 Å². The van der Waals surface area contributed by atoms with E-state index in [0.29, 0.717) is 33.1 Å². The van der Waals surface area contributed by atoms with Crippen molar-refractivity contribution in [1.29, 1.82) is 0 Å². The second-order valence-corrected chi connectivity index (χ2v) is 6.20. The normalized spacial score (nSPS) is 10.6. The van der Waals surface area contributed by atoms with Crippen molar-refractivity contribution in [3.63, 3.8) is 0 Å². The van der Waals surface area contributed by atoms with Crippen LogP contribution in [0.2, 0.25) is 5.02 Å². The second kappa shape index (κ2) is 8.14. The number of para-hydroxylation sites is 2. The Labute approximate surface area is 160 Å². The number of hydrogen-bond donors (Lipinski definition) is 0. The summed E-state index contributed by atoms with van der Waals surface area (Å²) in [6.45, 7) is 1.42. The van der Waals surface area contributed by atoms with E-state index >= 15 is 0 Å². The van der Waals surface area contributed by atoms with Crippen molar-refractivity contribution in [2.24, 2.45) is 0 Å². The van der Waals surface area contributed by atoms with Gasteiger partial charge in [-0.05, 0) is 36.8 Å². The number of hydrogen-bond acceptors (Lipinski definition) is 6. The van der Waals surface area contributed by atoms with Crippen molar-refractivity contribution in [2.45, 2.75) is 13.5 Å². The highest BCUT2D eigenvalue weighted by Gasteiger charge is 2.12. The summed E-state index contributed by atoms with van der Waals surface area (Å²) in [6.07, 6.45) is 0. The largest absolute Gasteiger partial charge is 0.493 e. The molecule has 0 aliphatic carbocycles. The summed E-state index contributed by atoms with van der Waals surface area (Å²) in [5.41, 5.74) is 1.15. The van der Waals surface area contributed by atoms with Gasteiger partial charge in [0.2, 0.25) is 0 Å². The van der Waals surface area contributed by atoms with E-state index in [0.717, 1.165) is 5.56 Å². The first-order valence-electron chi connectivity index (χ1n) is 8.12. The van der Waals surface area contributed by atoms with Crippen LogP contribution in [0.25, 0.3) is 11.0 Å². The van der Waals surface area contributed by atoms with Crippen LogP contribution in [0.5, 0.6) is 11.5 Å². The maximum absolute atomic E-state index is 12.0. The number of fused-ring (bicyclic) bond motifs is 1. The molecule has 3 rings (SSSR count). The van der Waals surface area contributed by atoms with Crippen molar-refractivity contribution in [2.75, 3.05) is 13.7 Å². The summed E-state index contributed by atoms with van der Waals surface area (Å²) < 4.78 is 21.0. The lowest BCUT2D eigenvalue weighted by Crippen LogP contribution is -2.15. The molecule has 0 saturated heterocycles. The standard InChI is InChI=1S/C20H17ClO6/c1-12-7-18-14(9-15(12)21)13(8-19(22)27-18)10-26-20(23)11-25-17-6-4-3-5-16(17)24-2/h3-9H,10-11H2,1-2H3. The number of aryl methyl sites for hydroxylation is 1. The van der Waals surface area contributed by atoms with E-state index in [1.807, 2.05) is 6.92 Å². The van der Waals surface area contributed by atoms with E-state index in [1.165, 1.54) is 13.2 Å². The van der Waals surface area contributed by atoms with Crippen LogP contribution in [-0.2, 0) is 16.1 Å². The SMILES string of the molecule is COc1ccccc1OCC(=O)OCc1cc(=O)oc2cc(C)c(Cl)cc12. The monoisotopic (exact) mass is 388 g/mol.